The van der Waals surface area contributed by atoms with Crippen LogP contribution in [0.25, 0.3) is 0 Å². The Morgan fingerprint density at radius 3 is 2.12 bits per heavy atom. The highest BCUT2D eigenvalue weighted by atomic mass is 32.2. The quantitative estimate of drug-likeness (QED) is 0.863. The molecule has 0 aliphatic carbocycles. The first-order chi connectivity index (χ1) is 7.36. The van der Waals surface area contributed by atoms with E-state index < -0.39 is 21.2 Å². The van der Waals surface area contributed by atoms with E-state index >= 15 is 0 Å². The van der Waals surface area contributed by atoms with E-state index in [-0.39, 0.29) is 0 Å². The summed E-state index contributed by atoms with van der Waals surface area (Å²) in [5.41, 5.74) is 0.568. The zero-order valence-corrected chi connectivity index (χ0v) is 10.4. The first-order valence-corrected chi connectivity index (χ1v) is 6.82. The van der Waals surface area contributed by atoms with Crippen molar-refractivity contribution in [2.75, 3.05) is 13.4 Å². The lowest BCUT2D eigenvalue weighted by Gasteiger charge is -2.17. The van der Waals surface area contributed by atoms with Gasteiger partial charge in [-0.1, -0.05) is 12.1 Å². The molecule has 1 aromatic carbocycles. The molecule has 5 heteroatoms. The zero-order valence-electron chi connectivity index (χ0n) is 9.54. The molecule has 4 nitrogen and oxygen atoms in total. The summed E-state index contributed by atoms with van der Waals surface area (Å²) in [6.07, 6.45) is 0.102. The fourth-order valence-electron chi connectivity index (χ4n) is 1.31. The van der Waals surface area contributed by atoms with Crippen molar-refractivity contribution in [3.63, 3.8) is 0 Å². The number of aliphatic hydroxyl groups excluding tert-OH is 1. The molecule has 1 rings (SSSR count). The SMILES string of the molecule is COc1ccc([C@H](O)[C@@H](C)S(C)(=O)=O)cc1. The van der Waals surface area contributed by atoms with Crippen molar-refractivity contribution in [2.24, 2.45) is 0 Å². The van der Waals surface area contributed by atoms with Gasteiger partial charge in [0, 0.05) is 6.26 Å². The van der Waals surface area contributed by atoms with E-state index in [1.54, 1.807) is 31.4 Å². The molecule has 0 amide bonds. The maximum atomic E-state index is 11.3. The van der Waals surface area contributed by atoms with Crippen LogP contribution in [0.15, 0.2) is 24.3 Å². The molecule has 0 aliphatic heterocycles. The van der Waals surface area contributed by atoms with E-state index in [4.69, 9.17) is 4.74 Å². The van der Waals surface area contributed by atoms with Gasteiger partial charge >= 0.3 is 0 Å². The Hall–Kier alpha value is -1.07. The van der Waals surface area contributed by atoms with Crippen LogP contribution < -0.4 is 4.74 Å². The highest BCUT2D eigenvalue weighted by Gasteiger charge is 2.25. The monoisotopic (exact) mass is 244 g/mol. The summed E-state index contributed by atoms with van der Waals surface area (Å²) >= 11 is 0. The van der Waals surface area contributed by atoms with Crippen LogP contribution >= 0.6 is 0 Å². The smallest absolute Gasteiger partial charge is 0.152 e. The summed E-state index contributed by atoms with van der Waals surface area (Å²) in [5.74, 6) is 0.669. The van der Waals surface area contributed by atoms with Gasteiger partial charge in [0.25, 0.3) is 0 Å². The van der Waals surface area contributed by atoms with Gasteiger partial charge < -0.3 is 9.84 Å². The number of rotatable bonds is 4. The lowest BCUT2D eigenvalue weighted by molar-refractivity contribution is 0.176. The third kappa shape index (κ3) is 2.96. The number of hydrogen-bond donors (Lipinski definition) is 1. The minimum absolute atomic E-state index is 0.568. The molecule has 0 unspecified atom stereocenters. The van der Waals surface area contributed by atoms with Crippen LogP contribution in [-0.2, 0) is 9.84 Å². The second-order valence-corrected chi connectivity index (χ2v) is 6.16. The van der Waals surface area contributed by atoms with Crippen LogP contribution in [0, 0.1) is 0 Å². The molecule has 1 N–H and O–H groups in total. The lowest BCUT2D eigenvalue weighted by Crippen LogP contribution is -2.24. The number of ether oxygens (including phenoxy) is 1. The summed E-state index contributed by atoms with van der Waals surface area (Å²) in [7, 11) is -1.70. The van der Waals surface area contributed by atoms with Crippen LogP contribution in [0.2, 0.25) is 0 Å². The first-order valence-electron chi connectivity index (χ1n) is 4.87. The zero-order chi connectivity index (χ0) is 12.3. The third-order valence-electron chi connectivity index (χ3n) is 2.58. The molecule has 2 atom stereocenters. The van der Waals surface area contributed by atoms with Gasteiger partial charge in [-0.15, -0.1) is 0 Å². The molecule has 0 aromatic heterocycles. The van der Waals surface area contributed by atoms with E-state index in [0.717, 1.165) is 6.26 Å². The maximum Gasteiger partial charge on any atom is 0.152 e. The second kappa shape index (κ2) is 4.84. The predicted octanol–water partition coefficient (Wildman–Crippen LogP) is 1.16. The fourth-order valence-corrected chi connectivity index (χ4v) is 1.93. The van der Waals surface area contributed by atoms with Gasteiger partial charge in [-0.25, -0.2) is 8.42 Å². The van der Waals surface area contributed by atoms with Crippen molar-refractivity contribution in [1.29, 1.82) is 0 Å². The standard InChI is InChI=1S/C11H16O4S/c1-8(16(3,13)14)11(12)9-4-6-10(15-2)7-5-9/h4-8,11-12H,1-3H3/t8-,11-/m1/s1. The van der Waals surface area contributed by atoms with Gasteiger partial charge in [0.2, 0.25) is 0 Å². The number of hydrogen-bond acceptors (Lipinski definition) is 4. The minimum atomic E-state index is -3.25. The summed E-state index contributed by atoms with van der Waals surface area (Å²) < 4.78 is 27.5. The molecule has 0 saturated carbocycles. The van der Waals surface area contributed by atoms with Crippen molar-refractivity contribution in [2.45, 2.75) is 18.3 Å². The summed E-state index contributed by atoms with van der Waals surface area (Å²) in [6, 6.07) is 6.69. The van der Waals surface area contributed by atoms with Gasteiger partial charge in [-0.2, -0.15) is 0 Å². The second-order valence-electron chi connectivity index (χ2n) is 3.75. The highest BCUT2D eigenvalue weighted by Crippen LogP contribution is 2.23. The maximum absolute atomic E-state index is 11.3. The Bertz CT molecular complexity index is 436. The molecule has 1 aromatic rings. The van der Waals surface area contributed by atoms with Crippen molar-refractivity contribution >= 4 is 9.84 Å². The van der Waals surface area contributed by atoms with Crippen LogP contribution in [0.1, 0.15) is 18.6 Å². The average molecular weight is 244 g/mol. The molecule has 0 aliphatic rings. The Kier molecular flexibility index (Phi) is 3.93. The van der Waals surface area contributed by atoms with Crippen molar-refractivity contribution < 1.29 is 18.3 Å². The topological polar surface area (TPSA) is 63.6 Å². The van der Waals surface area contributed by atoms with Crippen molar-refractivity contribution in [3.05, 3.63) is 29.8 Å². The Morgan fingerprint density at radius 1 is 1.25 bits per heavy atom. The van der Waals surface area contributed by atoms with Gasteiger partial charge in [-0.3, -0.25) is 0 Å². The van der Waals surface area contributed by atoms with E-state index in [2.05, 4.69) is 0 Å². The summed E-state index contributed by atoms with van der Waals surface area (Å²) in [5, 5.41) is 9.05. The molecule has 16 heavy (non-hydrogen) atoms. The molecule has 90 valence electrons. The van der Waals surface area contributed by atoms with E-state index in [1.165, 1.54) is 6.92 Å². The molecular weight excluding hydrogens is 228 g/mol. The molecule has 0 fully saturated rings. The Labute approximate surface area is 95.8 Å². The van der Waals surface area contributed by atoms with Crippen LogP contribution in [0.4, 0.5) is 0 Å². The third-order valence-corrected chi connectivity index (χ3v) is 4.19. The molecular formula is C11H16O4S. The van der Waals surface area contributed by atoms with E-state index in [1.807, 2.05) is 0 Å². The summed E-state index contributed by atoms with van der Waals surface area (Å²) in [4.78, 5) is 0. The average Bonchev–Trinajstić information content (AvgIpc) is 2.26. The fraction of sp³-hybridized carbons (Fsp3) is 0.455. The van der Waals surface area contributed by atoms with Gasteiger partial charge in [-0.05, 0) is 24.6 Å². The molecule has 0 bridgehead atoms. The van der Waals surface area contributed by atoms with Crippen LogP contribution in [-0.4, -0.2) is 32.1 Å². The number of methoxy groups -OCH3 is 1. The lowest BCUT2D eigenvalue weighted by atomic mass is 10.1. The Balaban J connectivity index is 2.92. The predicted molar refractivity (Wildman–Crippen MR) is 62.3 cm³/mol. The van der Waals surface area contributed by atoms with E-state index in [0.29, 0.717) is 11.3 Å². The molecule has 0 saturated heterocycles. The molecule has 0 heterocycles. The molecule has 0 spiro atoms. The van der Waals surface area contributed by atoms with Crippen LogP contribution in [0.5, 0.6) is 5.75 Å². The highest BCUT2D eigenvalue weighted by molar-refractivity contribution is 7.91. The number of aliphatic hydroxyl groups is 1. The first kappa shape index (κ1) is 13.0. The number of sulfone groups is 1. The largest absolute Gasteiger partial charge is 0.497 e. The Morgan fingerprint density at radius 2 is 1.75 bits per heavy atom. The summed E-state index contributed by atoms with van der Waals surface area (Å²) in [6.45, 7) is 1.49. The normalized spacial score (nSPS) is 15.5. The van der Waals surface area contributed by atoms with E-state index in [9.17, 15) is 13.5 Å². The van der Waals surface area contributed by atoms with Crippen molar-refractivity contribution in [1.82, 2.24) is 0 Å². The minimum Gasteiger partial charge on any atom is -0.497 e. The van der Waals surface area contributed by atoms with Gasteiger partial charge in [0.1, 0.15) is 5.75 Å². The van der Waals surface area contributed by atoms with Crippen molar-refractivity contribution in [3.8, 4) is 5.75 Å². The van der Waals surface area contributed by atoms with Crippen LogP contribution in [0.3, 0.4) is 0 Å². The number of benzene rings is 1. The van der Waals surface area contributed by atoms with Gasteiger partial charge in [0.15, 0.2) is 9.84 Å². The van der Waals surface area contributed by atoms with Gasteiger partial charge in [0.05, 0.1) is 18.5 Å². The molecule has 0 radical (unpaired) electrons.